The molecule has 28 heavy (non-hydrogen) atoms. The van der Waals surface area contributed by atoms with Crippen molar-refractivity contribution < 1.29 is 4.79 Å². The van der Waals surface area contributed by atoms with Gasteiger partial charge in [0.2, 0.25) is 11.1 Å². The van der Waals surface area contributed by atoms with Crippen LogP contribution in [0.3, 0.4) is 0 Å². The number of thioether (sulfide) groups is 1. The smallest absolute Gasteiger partial charge is 0.294 e. The number of hydrogen-bond donors (Lipinski definition) is 2. The number of nitrogens with zero attached hydrogens (tertiary/aromatic N) is 3. The summed E-state index contributed by atoms with van der Waals surface area (Å²) < 4.78 is 0.923. The first kappa shape index (κ1) is 19.9. The first-order chi connectivity index (χ1) is 13.4. The quantitative estimate of drug-likeness (QED) is 0.474. The van der Waals surface area contributed by atoms with Crippen LogP contribution >= 0.6 is 23.4 Å². The Balaban J connectivity index is 1.64. The van der Waals surface area contributed by atoms with Crippen molar-refractivity contribution in [2.24, 2.45) is 0 Å². The number of nitrogens with one attached hydrogen (secondary N) is 1. The van der Waals surface area contributed by atoms with E-state index in [-0.39, 0.29) is 22.5 Å². The largest absolute Gasteiger partial charge is 0.334 e. The standard InChI is InChI=1S/C19H18ClN5O2S/c1-12-7-8-14(10-15(12)20)22-17(26)11-28-19-24-23-16(18(27)25(19)21)9-13-5-3-2-4-6-13/h2-8,10H,9,11,21H2,1H3,(H,22,26). The molecule has 9 heteroatoms. The molecule has 144 valence electrons. The van der Waals surface area contributed by atoms with Crippen LogP contribution in [0.2, 0.25) is 5.02 Å². The predicted octanol–water partition coefficient (Wildman–Crippen LogP) is 2.64. The van der Waals surface area contributed by atoms with E-state index >= 15 is 0 Å². The number of nitrogen functional groups attached to an aromatic ring is 1. The lowest BCUT2D eigenvalue weighted by molar-refractivity contribution is -0.113. The molecule has 0 unspecified atom stereocenters. The second-order valence-corrected chi connectivity index (χ2v) is 7.42. The fraction of sp³-hybridized carbons (Fsp3) is 0.158. The summed E-state index contributed by atoms with van der Waals surface area (Å²) in [5.41, 5.74) is 2.26. The van der Waals surface area contributed by atoms with Crippen LogP contribution in [0.25, 0.3) is 0 Å². The SMILES string of the molecule is Cc1ccc(NC(=O)CSc2nnc(Cc3ccccc3)c(=O)n2N)cc1Cl. The molecular weight excluding hydrogens is 398 g/mol. The van der Waals surface area contributed by atoms with Crippen LogP contribution in [-0.4, -0.2) is 26.5 Å². The highest BCUT2D eigenvalue weighted by Crippen LogP contribution is 2.20. The zero-order valence-electron chi connectivity index (χ0n) is 15.1. The average molecular weight is 416 g/mol. The third kappa shape index (κ3) is 4.90. The van der Waals surface area contributed by atoms with Crippen molar-refractivity contribution in [1.29, 1.82) is 0 Å². The maximum atomic E-state index is 12.4. The molecule has 0 bridgehead atoms. The zero-order valence-corrected chi connectivity index (χ0v) is 16.6. The Labute approximate surface area is 170 Å². The summed E-state index contributed by atoms with van der Waals surface area (Å²) in [6.07, 6.45) is 0.337. The van der Waals surface area contributed by atoms with Gasteiger partial charge in [0.25, 0.3) is 5.56 Å². The molecule has 3 aromatic rings. The number of nitrogens with two attached hydrogens (primary N) is 1. The Morgan fingerprint density at radius 3 is 2.68 bits per heavy atom. The Kier molecular flexibility index (Phi) is 6.33. The van der Waals surface area contributed by atoms with Gasteiger partial charge in [0.15, 0.2) is 0 Å². The summed E-state index contributed by atoms with van der Waals surface area (Å²) in [4.78, 5) is 24.5. The van der Waals surface area contributed by atoms with Crippen molar-refractivity contribution in [2.45, 2.75) is 18.5 Å². The molecule has 1 amide bonds. The van der Waals surface area contributed by atoms with Crippen LogP contribution in [-0.2, 0) is 11.2 Å². The van der Waals surface area contributed by atoms with Crippen LogP contribution in [0.5, 0.6) is 0 Å². The lowest BCUT2D eigenvalue weighted by Crippen LogP contribution is -2.34. The number of aryl methyl sites for hydroxylation is 1. The van der Waals surface area contributed by atoms with E-state index in [1.165, 1.54) is 0 Å². The van der Waals surface area contributed by atoms with Crippen LogP contribution in [0.15, 0.2) is 58.5 Å². The summed E-state index contributed by atoms with van der Waals surface area (Å²) in [7, 11) is 0. The summed E-state index contributed by atoms with van der Waals surface area (Å²) in [6.45, 7) is 1.88. The number of carbonyl (C=O) groups excluding carboxylic acids is 1. The molecule has 3 rings (SSSR count). The molecule has 3 N–H and O–H groups in total. The summed E-state index contributed by atoms with van der Waals surface area (Å²) in [5, 5.41) is 11.4. The molecule has 1 heterocycles. The fourth-order valence-corrected chi connectivity index (χ4v) is 3.25. The topological polar surface area (TPSA) is 103 Å². The molecule has 0 aliphatic carbocycles. The van der Waals surface area contributed by atoms with Crippen LogP contribution < -0.4 is 16.7 Å². The Bertz CT molecular complexity index is 1060. The molecule has 1 aromatic heterocycles. The maximum Gasteiger partial charge on any atom is 0.294 e. The van der Waals surface area contributed by atoms with Gasteiger partial charge in [-0.3, -0.25) is 9.59 Å². The van der Waals surface area contributed by atoms with E-state index in [1.54, 1.807) is 12.1 Å². The zero-order chi connectivity index (χ0) is 20.1. The Morgan fingerprint density at radius 1 is 1.21 bits per heavy atom. The Hall–Kier alpha value is -2.84. The number of halogens is 1. The van der Waals surface area contributed by atoms with Crippen molar-refractivity contribution in [1.82, 2.24) is 14.9 Å². The maximum absolute atomic E-state index is 12.4. The monoisotopic (exact) mass is 415 g/mol. The molecule has 0 radical (unpaired) electrons. The first-order valence-electron chi connectivity index (χ1n) is 8.40. The number of carbonyl (C=O) groups is 1. The second kappa shape index (κ2) is 8.90. The number of aromatic nitrogens is 3. The van der Waals surface area contributed by atoms with Gasteiger partial charge in [-0.15, -0.1) is 10.2 Å². The van der Waals surface area contributed by atoms with Crippen molar-refractivity contribution in [3.8, 4) is 0 Å². The molecule has 0 fully saturated rings. The molecule has 0 saturated heterocycles. The van der Waals surface area contributed by atoms with Gasteiger partial charge < -0.3 is 11.2 Å². The lowest BCUT2D eigenvalue weighted by Gasteiger charge is -2.09. The van der Waals surface area contributed by atoms with Gasteiger partial charge in [-0.25, -0.2) is 0 Å². The van der Waals surface area contributed by atoms with E-state index in [2.05, 4.69) is 15.5 Å². The number of hydrogen-bond acceptors (Lipinski definition) is 6. The van der Waals surface area contributed by atoms with Crippen molar-refractivity contribution in [3.05, 3.63) is 80.7 Å². The van der Waals surface area contributed by atoms with Gasteiger partial charge in [0.05, 0.1) is 5.75 Å². The van der Waals surface area contributed by atoms with E-state index in [9.17, 15) is 9.59 Å². The average Bonchev–Trinajstić information content (AvgIpc) is 2.68. The highest BCUT2D eigenvalue weighted by atomic mass is 35.5. The second-order valence-electron chi connectivity index (χ2n) is 6.07. The molecule has 0 saturated carbocycles. The minimum atomic E-state index is -0.438. The van der Waals surface area contributed by atoms with E-state index in [0.717, 1.165) is 27.6 Å². The normalized spacial score (nSPS) is 10.6. The molecule has 7 nitrogen and oxygen atoms in total. The predicted molar refractivity (Wildman–Crippen MR) is 111 cm³/mol. The minimum absolute atomic E-state index is 0.0227. The fourth-order valence-electron chi connectivity index (χ4n) is 2.42. The molecular formula is C19H18ClN5O2S. The third-order valence-electron chi connectivity index (χ3n) is 3.93. The van der Waals surface area contributed by atoms with Gasteiger partial charge >= 0.3 is 0 Å². The minimum Gasteiger partial charge on any atom is -0.334 e. The molecule has 0 aliphatic heterocycles. The first-order valence-corrected chi connectivity index (χ1v) is 9.77. The summed E-state index contributed by atoms with van der Waals surface area (Å²) >= 11 is 7.08. The van der Waals surface area contributed by atoms with Gasteiger partial charge in [0.1, 0.15) is 5.69 Å². The number of benzene rings is 2. The van der Waals surface area contributed by atoms with Crippen molar-refractivity contribution in [3.63, 3.8) is 0 Å². The van der Waals surface area contributed by atoms with E-state index < -0.39 is 5.56 Å². The number of rotatable bonds is 6. The van der Waals surface area contributed by atoms with Crippen LogP contribution in [0.4, 0.5) is 5.69 Å². The van der Waals surface area contributed by atoms with Crippen molar-refractivity contribution >= 4 is 35.0 Å². The number of anilines is 1. The highest BCUT2D eigenvalue weighted by molar-refractivity contribution is 7.99. The summed E-state index contributed by atoms with van der Waals surface area (Å²) in [5.74, 6) is 5.60. The molecule has 2 aromatic carbocycles. The molecule has 0 atom stereocenters. The van der Waals surface area contributed by atoms with Gasteiger partial charge in [0, 0.05) is 17.1 Å². The van der Waals surface area contributed by atoms with Crippen LogP contribution in [0, 0.1) is 6.92 Å². The highest BCUT2D eigenvalue weighted by Gasteiger charge is 2.13. The lowest BCUT2D eigenvalue weighted by atomic mass is 10.1. The molecule has 0 aliphatic rings. The Morgan fingerprint density at radius 2 is 1.96 bits per heavy atom. The summed E-state index contributed by atoms with van der Waals surface area (Å²) in [6, 6.07) is 14.7. The molecule has 0 spiro atoms. The van der Waals surface area contributed by atoms with Gasteiger partial charge in [-0.05, 0) is 30.2 Å². The van der Waals surface area contributed by atoms with Gasteiger partial charge in [-0.1, -0.05) is 59.8 Å². The van der Waals surface area contributed by atoms with E-state index in [0.29, 0.717) is 17.1 Å². The third-order valence-corrected chi connectivity index (χ3v) is 5.28. The van der Waals surface area contributed by atoms with Crippen LogP contribution in [0.1, 0.15) is 16.8 Å². The van der Waals surface area contributed by atoms with Gasteiger partial charge in [-0.2, -0.15) is 4.68 Å². The van der Waals surface area contributed by atoms with Crippen molar-refractivity contribution in [2.75, 3.05) is 16.9 Å². The van der Waals surface area contributed by atoms with E-state index in [4.69, 9.17) is 17.4 Å². The van der Waals surface area contributed by atoms with E-state index in [1.807, 2.05) is 43.3 Å². The number of amides is 1.